The lowest BCUT2D eigenvalue weighted by molar-refractivity contribution is -0.221. The van der Waals surface area contributed by atoms with Gasteiger partial charge in [-0.25, -0.2) is 0 Å². The molecule has 2 heterocycles. The normalized spacial score (nSPS) is 32.1. The highest BCUT2D eigenvalue weighted by Gasteiger charge is 2.67. The van der Waals surface area contributed by atoms with Crippen LogP contribution in [0.5, 0.6) is 0 Å². The second kappa shape index (κ2) is 8.49. The molecule has 1 amide bonds. The number of unbranched alkanes of at least 4 members (excludes halogenated alkanes) is 5. The lowest BCUT2D eigenvalue weighted by atomic mass is 9.72. The third-order valence-corrected chi connectivity index (χ3v) is 7.27. The molecule has 3 fully saturated rings. The Morgan fingerprint density at radius 1 is 0.931 bits per heavy atom. The van der Waals surface area contributed by atoms with Crippen molar-refractivity contribution in [3.8, 4) is 0 Å². The van der Waals surface area contributed by atoms with E-state index in [1.165, 1.54) is 44.9 Å². The van der Waals surface area contributed by atoms with Crippen LogP contribution in [0.4, 0.5) is 0 Å². The van der Waals surface area contributed by atoms with E-state index in [1.54, 1.807) is 0 Å². The minimum absolute atomic E-state index is 0.0948. The quantitative estimate of drug-likeness (QED) is 0.493. The highest BCUT2D eigenvalue weighted by Crippen LogP contribution is 2.56. The number of hydrogen-bond donors (Lipinski definition) is 1. The monoisotopic (exact) mass is 406 g/mol. The molecule has 0 atom stereocenters. The second-order valence-corrected chi connectivity index (χ2v) is 11.6. The molecule has 0 aromatic carbocycles. The minimum atomic E-state index is -0.640. The van der Waals surface area contributed by atoms with Gasteiger partial charge in [0, 0.05) is 30.5 Å². The molecule has 2 saturated heterocycles. The second-order valence-electron chi connectivity index (χ2n) is 11.6. The predicted octanol–water partition coefficient (Wildman–Crippen LogP) is 5.79. The molecular formula is C25H46N2O2. The lowest BCUT2D eigenvalue weighted by Crippen LogP contribution is -2.65. The molecule has 3 rings (SSSR count). The van der Waals surface area contributed by atoms with E-state index < -0.39 is 5.60 Å². The van der Waals surface area contributed by atoms with E-state index in [0.717, 1.165) is 44.6 Å². The van der Waals surface area contributed by atoms with Gasteiger partial charge in [0.15, 0.2) is 5.60 Å². The zero-order valence-corrected chi connectivity index (χ0v) is 20.0. The molecule has 1 N–H and O–H groups in total. The maximum absolute atomic E-state index is 13.7. The third-order valence-electron chi connectivity index (χ3n) is 7.27. The summed E-state index contributed by atoms with van der Waals surface area (Å²) >= 11 is 0. The average Bonchev–Trinajstić information content (AvgIpc) is 2.77. The van der Waals surface area contributed by atoms with Gasteiger partial charge in [-0.05, 0) is 52.9 Å². The smallest absolute Gasteiger partial charge is 0.257 e. The molecule has 168 valence electrons. The van der Waals surface area contributed by atoms with Gasteiger partial charge < -0.3 is 15.0 Å². The largest absolute Gasteiger partial charge is 0.339 e. The van der Waals surface area contributed by atoms with Crippen molar-refractivity contribution < 1.29 is 9.53 Å². The van der Waals surface area contributed by atoms with E-state index in [4.69, 9.17) is 4.74 Å². The molecule has 1 saturated carbocycles. The van der Waals surface area contributed by atoms with Gasteiger partial charge in [-0.1, -0.05) is 58.8 Å². The first-order chi connectivity index (χ1) is 13.6. The Morgan fingerprint density at radius 2 is 1.52 bits per heavy atom. The van der Waals surface area contributed by atoms with Crippen LogP contribution in [0.3, 0.4) is 0 Å². The number of piperidine rings is 1. The molecule has 29 heavy (non-hydrogen) atoms. The summed E-state index contributed by atoms with van der Waals surface area (Å²) in [6.07, 6.45) is 14.1. The predicted molar refractivity (Wildman–Crippen MR) is 120 cm³/mol. The van der Waals surface area contributed by atoms with Crippen LogP contribution in [0.15, 0.2) is 0 Å². The molecule has 1 aliphatic carbocycles. The van der Waals surface area contributed by atoms with E-state index in [2.05, 4.69) is 51.8 Å². The van der Waals surface area contributed by atoms with Gasteiger partial charge in [0.1, 0.15) is 5.72 Å². The Kier molecular flexibility index (Phi) is 6.75. The van der Waals surface area contributed by atoms with Crippen LogP contribution in [-0.2, 0) is 9.53 Å². The van der Waals surface area contributed by atoms with Crippen molar-refractivity contribution in [3.63, 3.8) is 0 Å². The third kappa shape index (κ3) is 4.84. The van der Waals surface area contributed by atoms with E-state index in [0.29, 0.717) is 0 Å². The van der Waals surface area contributed by atoms with E-state index in [9.17, 15) is 4.79 Å². The fourth-order valence-corrected chi connectivity index (χ4v) is 6.70. The van der Waals surface area contributed by atoms with Gasteiger partial charge in [0.25, 0.3) is 5.91 Å². The number of rotatable bonds is 9. The summed E-state index contributed by atoms with van der Waals surface area (Å²) in [5, 5.41) is 3.72. The number of carbonyl (C=O) groups is 1. The number of amides is 1. The summed E-state index contributed by atoms with van der Waals surface area (Å²) in [6, 6.07) is 0. The van der Waals surface area contributed by atoms with Crippen LogP contribution in [0.2, 0.25) is 0 Å². The number of carbonyl (C=O) groups excluding carboxylic acids is 1. The van der Waals surface area contributed by atoms with Crippen LogP contribution in [0, 0.1) is 5.92 Å². The Labute approximate surface area is 179 Å². The van der Waals surface area contributed by atoms with E-state index in [1.807, 2.05) is 0 Å². The molecule has 0 aromatic rings. The molecule has 4 nitrogen and oxygen atoms in total. The van der Waals surface area contributed by atoms with Crippen molar-refractivity contribution in [3.05, 3.63) is 0 Å². The van der Waals surface area contributed by atoms with Crippen molar-refractivity contribution >= 4 is 5.91 Å². The molecule has 3 aliphatic rings. The molecular weight excluding hydrogens is 360 g/mol. The van der Waals surface area contributed by atoms with Crippen molar-refractivity contribution in [2.24, 2.45) is 5.92 Å². The molecule has 0 radical (unpaired) electrons. The topological polar surface area (TPSA) is 41.6 Å². The number of hydrogen-bond acceptors (Lipinski definition) is 3. The van der Waals surface area contributed by atoms with Gasteiger partial charge in [-0.2, -0.15) is 0 Å². The zero-order chi connectivity index (χ0) is 21.3. The summed E-state index contributed by atoms with van der Waals surface area (Å²) in [5.41, 5.74) is -1.15. The van der Waals surface area contributed by atoms with Crippen LogP contribution < -0.4 is 5.32 Å². The first-order valence-corrected chi connectivity index (χ1v) is 12.4. The summed E-state index contributed by atoms with van der Waals surface area (Å²) < 4.78 is 6.89. The molecule has 0 aromatic heterocycles. The van der Waals surface area contributed by atoms with E-state index in [-0.39, 0.29) is 22.7 Å². The van der Waals surface area contributed by atoms with Gasteiger partial charge in [0.05, 0.1) is 0 Å². The fourth-order valence-electron chi connectivity index (χ4n) is 6.70. The van der Waals surface area contributed by atoms with Crippen molar-refractivity contribution in [2.45, 2.75) is 141 Å². The molecule has 0 bridgehead atoms. The highest BCUT2D eigenvalue weighted by molar-refractivity contribution is 5.88. The molecule has 2 aliphatic heterocycles. The van der Waals surface area contributed by atoms with Crippen molar-refractivity contribution in [1.82, 2.24) is 10.2 Å². The minimum Gasteiger partial charge on any atom is -0.339 e. The lowest BCUT2D eigenvalue weighted by Gasteiger charge is -2.52. The van der Waals surface area contributed by atoms with Crippen LogP contribution in [-0.4, -0.2) is 39.8 Å². The Balaban J connectivity index is 1.63. The van der Waals surface area contributed by atoms with E-state index >= 15 is 0 Å². The first kappa shape index (κ1) is 23.1. The maximum atomic E-state index is 13.7. The average molecular weight is 407 g/mol. The number of nitrogens with one attached hydrogen (secondary N) is 1. The maximum Gasteiger partial charge on any atom is 0.257 e. The summed E-state index contributed by atoms with van der Waals surface area (Å²) in [6.45, 7) is 14.1. The number of ether oxygens (including phenoxy) is 1. The SMILES string of the molecule is CCCCCCCCC1CC2(C1)OC1(CC(C)(C)NC(C)(C)C1)C(=O)N2CCC. The highest BCUT2D eigenvalue weighted by atomic mass is 16.6. The van der Waals surface area contributed by atoms with Crippen LogP contribution in [0.1, 0.15) is 119 Å². The van der Waals surface area contributed by atoms with Gasteiger partial charge in [-0.3, -0.25) is 4.79 Å². The van der Waals surface area contributed by atoms with Crippen LogP contribution >= 0.6 is 0 Å². The molecule has 0 unspecified atom stereocenters. The first-order valence-electron chi connectivity index (χ1n) is 12.4. The standard InChI is InChI=1S/C25H46N2O2/c1-7-9-10-11-12-13-14-20-16-25(17-20)27(15-8-2)21(28)24(29-25)18-22(3,4)26-23(5,6)19-24/h20,26H,7-19H2,1-6H3. The van der Waals surface area contributed by atoms with Crippen LogP contribution in [0.25, 0.3) is 0 Å². The zero-order valence-electron chi connectivity index (χ0n) is 20.0. The summed E-state index contributed by atoms with van der Waals surface area (Å²) in [5.74, 6) is 0.992. The van der Waals surface area contributed by atoms with Gasteiger partial charge in [-0.15, -0.1) is 0 Å². The Morgan fingerprint density at radius 3 is 2.10 bits per heavy atom. The number of nitrogens with zero attached hydrogens (tertiary/aromatic N) is 1. The molecule has 4 heteroatoms. The summed E-state index contributed by atoms with van der Waals surface area (Å²) in [7, 11) is 0. The molecule has 2 spiro atoms. The summed E-state index contributed by atoms with van der Waals surface area (Å²) in [4.78, 5) is 15.8. The van der Waals surface area contributed by atoms with Crippen molar-refractivity contribution in [2.75, 3.05) is 6.54 Å². The van der Waals surface area contributed by atoms with Crippen molar-refractivity contribution in [1.29, 1.82) is 0 Å². The Hall–Kier alpha value is -0.610. The van der Waals surface area contributed by atoms with Gasteiger partial charge >= 0.3 is 0 Å². The van der Waals surface area contributed by atoms with Gasteiger partial charge in [0.2, 0.25) is 0 Å². The Bertz CT molecular complexity index is 561. The fraction of sp³-hybridized carbons (Fsp3) is 0.960.